The van der Waals surface area contributed by atoms with Gasteiger partial charge in [0.25, 0.3) is 11.7 Å². The predicted molar refractivity (Wildman–Crippen MR) is 50.5 cm³/mol. The number of ether oxygens (including phenoxy) is 2. The van der Waals surface area contributed by atoms with Crippen molar-refractivity contribution in [3.63, 3.8) is 0 Å². The van der Waals surface area contributed by atoms with Crippen LogP contribution in [0.2, 0.25) is 0 Å². The van der Waals surface area contributed by atoms with Crippen molar-refractivity contribution in [2.75, 3.05) is 19.8 Å². The fourth-order valence-corrected chi connectivity index (χ4v) is 0.730. The van der Waals surface area contributed by atoms with E-state index in [2.05, 4.69) is 14.8 Å². The lowest BCUT2D eigenvalue weighted by Gasteiger charge is -2.05. The van der Waals surface area contributed by atoms with Crippen LogP contribution in [0.3, 0.4) is 0 Å². The van der Waals surface area contributed by atoms with E-state index < -0.39 is 17.6 Å². The number of carbonyl (C=O) groups excluding carboxylic acids is 3. The lowest BCUT2D eigenvalue weighted by Crippen LogP contribution is -2.32. The van der Waals surface area contributed by atoms with Gasteiger partial charge in [-0.15, -0.1) is 0 Å². The molecule has 0 aliphatic carbocycles. The van der Waals surface area contributed by atoms with Crippen LogP contribution >= 0.6 is 0 Å². The minimum absolute atomic E-state index is 0.178. The van der Waals surface area contributed by atoms with Gasteiger partial charge in [-0.25, -0.2) is 4.79 Å². The molecule has 0 aromatic rings. The van der Waals surface area contributed by atoms with Gasteiger partial charge >= 0.3 is 5.97 Å². The Kier molecular flexibility index (Phi) is 6.67. The molecule has 0 aliphatic rings. The van der Waals surface area contributed by atoms with Crippen LogP contribution < -0.4 is 5.32 Å². The molecule has 1 N–H and O–H groups in total. The maximum atomic E-state index is 11.1. The fourth-order valence-electron chi connectivity index (χ4n) is 0.730. The van der Waals surface area contributed by atoms with Crippen molar-refractivity contribution in [2.24, 2.45) is 0 Å². The normalized spacial score (nSPS) is 8.67. The Bertz CT molecular complexity index is 280. The molecule has 0 fully saturated rings. The molecule has 6 heteroatoms. The molecule has 0 unspecified atom stereocenters. The van der Waals surface area contributed by atoms with E-state index in [1.165, 1.54) is 5.94 Å². The van der Waals surface area contributed by atoms with E-state index in [-0.39, 0.29) is 19.8 Å². The third kappa shape index (κ3) is 5.49. The molecule has 0 heterocycles. The average molecular weight is 215 g/mol. The molecule has 0 saturated carbocycles. The van der Waals surface area contributed by atoms with Gasteiger partial charge in [0.1, 0.15) is 6.54 Å². The van der Waals surface area contributed by atoms with E-state index in [4.69, 9.17) is 0 Å². The second kappa shape index (κ2) is 7.58. The summed E-state index contributed by atoms with van der Waals surface area (Å²) in [6, 6.07) is 0. The molecular formula is C9H13NO5. The Hall–Kier alpha value is -1.81. The maximum Gasteiger partial charge on any atom is 0.325 e. The first-order valence-corrected chi connectivity index (χ1v) is 4.47. The zero-order valence-corrected chi connectivity index (χ0v) is 8.66. The topological polar surface area (TPSA) is 81.7 Å². The number of amides is 1. The summed E-state index contributed by atoms with van der Waals surface area (Å²) in [6.45, 7) is 3.38. The number of carbonyl (C=O) groups is 2. The van der Waals surface area contributed by atoms with E-state index in [0.717, 1.165) is 0 Å². The van der Waals surface area contributed by atoms with Crippen molar-refractivity contribution in [3.05, 3.63) is 5.76 Å². The second-order valence-electron chi connectivity index (χ2n) is 2.35. The summed E-state index contributed by atoms with van der Waals surface area (Å²) < 4.78 is 9.24. The molecule has 0 atom stereocenters. The number of nitrogens with one attached hydrogen (secondary N) is 1. The molecule has 6 nitrogen and oxygen atoms in total. The highest BCUT2D eigenvalue weighted by molar-refractivity contribution is 5.99. The third-order valence-electron chi connectivity index (χ3n) is 1.29. The largest absolute Gasteiger partial charge is 0.480 e. The molecule has 0 aromatic heterocycles. The Labute approximate surface area is 87.2 Å². The number of hydrogen-bond donors (Lipinski definition) is 1. The molecule has 0 saturated heterocycles. The van der Waals surface area contributed by atoms with Crippen molar-refractivity contribution in [1.29, 1.82) is 0 Å². The lowest BCUT2D eigenvalue weighted by molar-refractivity contribution is -0.143. The highest BCUT2D eigenvalue weighted by Gasteiger charge is 2.13. The van der Waals surface area contributed by atoms with Gasteiger partial charge in [-0.1, -0.05) is 0 Å². The zero-order chi connectivity index (χ0) is 11.7. The molecule has 0 spiro atoms. The van der Waals surface area contributed by atoms with Crippen LogP contribution in [0.15, 0.2) is 5.76 Å². The van der Waals surface area contributed by atoms with Crippen LogP contribution in [-0.2, 0) is 23.9 Å². The molecule has 0 aliphatic heterocycles. The lowest BCUT2D eigenvalue weighted by atomic mass is 10.5. The Morgan fingerprint density at radius 3 is 2.27 bits per heavy atom. The van der Waals surface area contributed by atoms with Gasteiger partial charge in [0.15, 0.2) is 5.94 Å². The SMILES string of the molecule is CCOC(=O)CNC(=O)C(=C=O)OCC. The van der Waals surface area contributed by atoms with Gasteiger partial charge in [0.2, 0.25) is 0 Å². The van der Waals surface area contributed by atoms with Crippen LogP contribution in [-0.4, -0.2) is 37.6 Å². The van der Waals surface area contributed by atoms with Crippen LogP contribution in [0.1, 0.15) is 13.8 Å². The fraction of sp³-hybridized carbons (Fsp3) is 0.556. The van der Waals surface area contributed by atoms with E-state index in [1.807, 2.05) is 0 Å². The third-order valence-corrected chi connectivity index (χ3v) is 1.29. The van der Waals surface area contributed by atoms with Gasteiger partial charge in [0.05, 0.1) is 13.2 Å². The van der Waals surface area contributed by atoms with E-state index in [9.17, 15) is 14.4 Å². The first-order valence-electron chi connectivity index (χ1n) is 4.47. The van der Waals surface area contributed by atoms with Crippen molar-refractivity contribution in [1.82, 2.24) is 5.32 Å². The Morgan fingerprint density at radius 1 is 1.20 bits per heavy atom. The summed E-state index contributed by atoms with van der Waals surface area (Å²) in [6.07, 6.45) is 0. The summed E-state index contributed by atoms with van der Waals surface area (Å²) >= 11 is 0. The monoisotopic (exact) mass is 215 g/mol. The van der Waals surface area contributed by atoms with E-state index >= 15 is 0 Å². The molecule has 1 amide bonds. The first kappa shape index (κ1) is 13.2. The van der Waals surface area contributed by atoms with Crippen LogP contribution in [0.4, 0.5) is 0 Å². The average Bonchev–Trinajstić information content (AvgIpc) is 2.23. The molecule has 84 valence electrons. The molecule has 0 radical (unpaired) electrons. The standard InChI is InChI=1S/C9H13NO5/c1-3-14-7(6-11)9(13)10-5-8(12)15-4-2/h3-5H2,1-2H3,(H,10,13). The first-order chi connectivity index (χ1) is 7.15. The minimum atomic E-state index is -0.778. The van der Waals surface area contributed by atoms with Gasteiger partial charge in [-0.2, -0.15) is 0 Å². The summed E-state index contributed by atoms with van der Waals surface area (Å²) in [5.74, 6) is -0.486. The van der Waals surface area contributed by atoms with E-state index in [1.54, 1.807) is 13.8 Å². The summed E-state index contributed by atoms with van der Waals surface area (Å²) in [5.41, 5.74) is 0. The maximum absolute atomic E-state index is 11.1. The highest BCUT2D eigenvalue weighted by Crippen LogP contribution is 1.91. The predicted octanol–water partition coefficient (Wildman–Crippen LogP) is -0.582. The van der Waals surface area contributed by atoms with Crippen LogP contribution in [0, 0.1) is 0 Å². The number of rotatable bonds is 6. The summed E-state index contributed by atoms with van der Waals surface area (Å²) in [4.78, 5) is 32.2. The van der Waals surface area contributed by atoms with Crippen molar-refractivity contribution >= 4 is 17.8 Å². The van der Waals surface area contributed by atoms with Gasteiger partial charge in [-0.05, 0) is 13.8 Å². The van der Waals surface area contributed by atoms with Crippen LogP contribution in [0.25, 0.3) is 0 Å². The van der Waals surface area contributed by atoms with Crippen molar-refractivity contribution < 1.29 is 23.9 Å². The second-order valence-corrected chi connectivity index (χ2v) is 2.35. The van der Waals surface area contributed by atoms with Crippen LogP contribution in [0.5, 0.6) is 0 Å². The minimum Gasteiger partial charge on any atom is -0.480 e. The summed E-state index contributed by atoms with van der Waals surface area (Å²) in [7, 11) is 0. The number of hydrogen-bond acceptors (Lipinski definition) is 5. The Balaban J connectivity index is 4.02. The molecule has 15 heavy (non-hydrogen) atoms. The smallest absolute Gasteiger partial charge is 0.325 e. The van der Waals surface area contributed by atoms with E-state index in [0.29, 0.717) is 0 Å². The van der Waals surface area contributed by atoms with Crippen molar-refractivity contribution in [2.45, 2.75) is 13.8 Å². The molecule has 0 rings (SSSR count). The van der Waals surface area contributed by atoms with Gasteiger partial charge in [0, 0.05) is 0 Å². The molecule has 0 aromatic carbocycles. The highest BCUT2D eigenvalue weighted by atomic mass is 16.5. The molecular weight excluding hydrogens is 202 g/mol. The van der Waals surface area contributed by atoms with Gasteiger partial charge in [-0.3, -0.25) is 9.59 Å². The van der Waals surface area contributed by atoms with Crippen molar-refractivity contribution in [3.8, 4) is 0 Å². The summed E-state index contributed by atoms with van der Waals surface area (Å²) in [5, 5.41) is 2.17. The molecule has 0 bridgehead atoms. The van der Waals surface area contributed by atoms with Gasteiger partial charge < -0.3 is 14.8 Å². The quantitative estimate of drug-likeness (QED) is 0.277. The number of esters is 1. The Morgan fingerprint density at radius 2 is 1.80 bits per heavy atom. The zero-order valence-electron chi connectivity index (χ0n) is 8.66.